The number of amides is 1. The van der Waals surface area contributed by atoms with E-state index in [1.807, 2.05) is 6.08 Å². The monoisotopic (exact) mass is 908 g/mol. The van der Waals surface area contributed by atoms with Gasteiger partial charge in [-0.15, -0.1) is 0 Å². The number of allylic oxidation sites excluding steroid dienone is 9. The molecule has 0 saturated heterocycles. The van der Waals surface area contributed by atoms with Crippen LogP contribution in [0, 0.1) is 0 Å². The average molecular weight is 909 g/mol. The van der Waals surface area contributed by atoms with E-state index in [0.717, 1.165) is 51.4 Å². The summed E-state index contributed by atoms with van der Waals surface area (Å²) in [6.07, 6.45) is 79.6. The number of carbonyl (C=O) groups is 1. The summed E-state index contributed by atoms with van der Waals surface area (Å²) in [5.74, 6) is -0.0613. The smallest absolute Gasteiger partial charge is 0.220 e. The van der Waals surface area contributed by atoms with Crippen LogP contribution >= 0.6 is 0 Å². The van der Waals surface area contributed by atoms with E-state index < -0.39 is 12.1 Å². The van der Waals surface area contributed by atoms with Gasteiger partial charge < -0.3 is 15.5 Å². The van der Waals surface area contributed by atoms with Gasteiger partial charge in [0.05, 0.1) is 18.8 Å². The Kier molecular flexibility index (Phi) is 54.8. The minimum atomic E-state index is -0.841. The Morgan fingerprint density at radius 1 is 0.385 bits per heavy atom. The summed E-state index contributed by atoms with van der Waals surface area (Å²) < 4.78 is 0. The second-order valence-corrected chi connectivity index (χ2v) is 19.7. The van der Waals surface area contributed by atoms with E-state index >= 15 is 0 Å². The molecule has 4 nitrogen and oxygen atoms in total. The average Bonchev–Trinajstić information content (AvgIpc) is 3.31. The van der Waals surface area contributed by atoms with Crippen molar-refractivity contribution >= 4 is 5.91 Å². The number of hydrogen-bond donors (Lipinski definition) is 3. The molecule has 4 heteroatoms. The third-order valence-electron chi connectivity index (χ3n) is 13.3. The summed E-state index contributed by atoms with van der Waals surface area (Å²) in [5, 5.41) is 23.2. The highest BCUT2D eigenvalue weighted by molar-refractivity contribution is 5.76. The minimum absolute atomic E-state index is 0.0613. The number of carbonyl (C=O) groups excluding carboxylic acids is 1. The van der Waals surface area contributed by atoms with E-state index in [1.54, 1.807) is 6.08 Å². The quantitative estimate of drug-likeness (QED) is 0.0421. The standard InChI is InChI=1S/C61H113NO3/c1-3-5-7-9-11-13-15-17-19-21-23-25-27-29-30-31-32-33-35-37-39-41-43-45-47-49-51-53-55-57-61(65)62-59(58-63)60(64)56-54-52-50-48-46-44-42-40-38-36-34-28-26-24-22-20-18-16-14-12-10-8-6-4-2/h5,7,11,13,17,19,23,25,54,56,59-60,63-64H,3-4,6,8-10,12,14-16,18,20-22,24,26-53,55,57-58H2,1-2H3,(H,62,65)/b7-5-,13-11-,19-17-,25-23-,56-54+. The topological polar surface area (TPSA) is 69.6 Å². The highest BCUT2D eigenvalue weighted by Gasteiger charge is 2.18. The maximum atomic E-state index is 12.5. The fourth-order valence-corrected chi connectivity index (χ4v) is 8.88. The van der Waals surface area contributed by atoms with Gasteiger partial charge in [0, 0.05) is 6.42 Å². The highest BCUT2D eigenvalue weighted by Crippen LogP contribution is 2.17. The van der Waals surface area contributed by atoms with Gasteiger partial charge in [-0.3, -0.25) is 4.79 Å². The SMILES string of the molecule is CC/C=C\C/C=C\C/C=C\C/C=C\CCCCCCCCCCCCCCCCCCC(=O)NC(CO)C(O)/C=C/CCCCCCCCCCCCCCCCCCCCCCCC. The molecule has 0 aliphatic rings. The summed E-state index contributed by atoms with van der Waals surface area (Å²) in [5.41, 5.74) is 0. The van der Waals surface area contributed by atoms with E-state index in [1.165, 1.54) is 231 Å². The zero-order valence-electron chi connectivity index (χ0n) is 43.8. The summed E-state index contributed by atoms with van der Waals surface area (Å²) in [4.78, 5) is 12.5. The van der Waals surface area contributed by atoms with Crippen LogP contribution in [0.2, 0.25) is 0 Å². The molecule has 0 aromatic rings. The predicted molar refractivity (Wildman–Crippen MR) is 290 cm³/mol. The van der Waals surface area contributed by atoms with Gasteiger partial charge in [-0.1, -0.05) is 299 Å². The zero-order chi connectivity index (χ0) is 47.0. The molecular weight excluding hydrogens is 795 g/mol. The van der Waals surface area contributed by atoms with Crippen molar-refractivity contribution < 1.29 is 15.0 Å². The van der Waals surface area contributed by atoms with Crippen LogP contribution in [0.15, 0.2) is 60.8 Å². The van der Waals surface area contributed by atoms with Gasteiger partial charge in [-0.25, -0.2) is 0 Å². The number of nitrogens with one attached hydrogen (secondary N) is 1. The van der Waals surface area contributed by atoms with Gasteiger partial charge in [0.1, 0.15) is 0 Å². The van der Waals surface area contributed by atoms with Crippen molar-refractivity contribution in [1.82, 2.24) is 5.32 Å². The molecule has 0 aromatic carbocycles. The van der Waals surface area contributed by atoms with Gasteiger partial charge in [-0.05, 0) is 57.8 Å². The molecule has 0 radical (unpaired) electrons. The number of hydrogen-bond acceptors (Lipinski definition) is 3. The lowest BCUT2D eigenvalue weighted by atomic mass is 10.0. The van der Waals surface area contributed by atoms with Crippen LogP contribution in [0.5, 0.6) is 0 Å². The Bertz CT molecular complexity index is 1070. The highest BCUT2D eigenvalue weighted by atomic mass is 16.3. The molecule has 2 atom stereocenters. The van der Waals surface area contributed by atoms with Crippen LogP contribution in [0.25, 0.3) is 0 Å². The normalized spacial score (nSPS) is 13.2. The van der Waals surface area contributed by atoms with Crippen LogP contribution in [0.3, 0.4) is 0 Å². The molecule has 0 saturated carbocycles. The van der Waals surface area contributed by atoms with E-state index in [9.17, 15) is 15.0 Å². The number of aliphatic hydroxyl groups excluding tert-OH is 2. The maximum absolute atomic E-state index is 12.5. The fraction of sp³-hybridized carbons (Fsp3) is 0.820. The van der Waals surface area contributed by atoms with Crippen molar-refractivity contribution in [2.75, 3.05) is 6.61 Å². The molecule has 0 spiro atoms. The molecule has 0 aromatic heterocycles. The molecule has 65 heavy (non-hydrogen) atoms. The summed E-state index contributed by atoms with van der Waals surface area (Å²) in [6, 6.07) is -0.624. The Balaban J connectivity index is 3.48. The van der Waals surface area contributed by atoms with Crippen molar-refractivity contribution in [2.24, 2.45) is 0 Å². The first kappa shape index (κ1) is 63.1. The van der Waals surface area contributed by atoms with E-state index in [0.29, 0.717) is 6.42 Å². The van der Waals surface area contributed by atoms with Gasteiger partial charge in [0.25, 0.3) is 0 Å². The molecular formula is C61H113NO3. The van der Waals surface area contributed by atoms with E-state index in [2.05, 4.69) is 67.8 Å². The lowest BCUT2D eigenvalue weighted by Gasteiger charge is -2.20. The van der Waals surface area contributed by atoms with Crippen LogP contribution < -0.4 is 5.32 Å². The first-order valence-corrected chi connectivity index (χ1v) is 29.0. The largest absolute Gasteiger partial charge is 0.394 e. The lowest BCUT2D eigenvalue weighted by Crippen LogP contribution is -2.45. The molecule has 0 bridgehead atoms. The van der Waals surface area contributed by atoms with Gasteiger partial charge in [0.2, 0.25) is 5.91 Å². The summed E-state index contributed by atoms with van der Waals surface area (Å²) in [7, 11) is 0. The lowest BCUT2D eigenvalue weighted by molar-refractivity contribution is -0.123. The number of aliphatic hydroxyl groups is 2. The van der Waals surface area contributed by atoms with Crippen LogP contribution in [-0.2, 0) is 4.79 Å². The molecule has 1 amide bonds. The molecule has 0 heterocycles. The predicted octanol–water partition coefficient (Wildman–Crippen LogP) is 19.2. The second kappa shape index (κ2) is 56.4. The second-order valence-electron chi connectivity index (χ2n) is 19.7. The van der Waals surface area contributed by atoms with Crippen LogP contribution in [-0.4, -0.2) is 34.9 Å². The van der Waals surface area contributed by atoms with E-state index in [-0.39, 0.29) is 12.5 Å². The molecule has 0 aliphatic carbocycles. The molecule has 0 aliphatic heterocycles. The first-order valence-electron chi connectivity index (χ1n) is 29.0. The van der Waals surface area contributed by atoms with Crippen molar-refractivity contribution in [3.05, 3.63) is 60.8 Å². The van der Waals surface area contributed by atoms with Gasteiger partial charge in [0.15, 0.2) is 0 Å². The molecule has 2 unspecified atom stereocenters. The van der Waals surface area contributed by atoms with Crippen molar-refractivity contribution in [2.45, 2.75) is 315 Å². The van der Waals surface area contributed by atoms with E-state index in [4.69, 9.17) is 0 Å². The van der Waals surface area contributed by atoms with Crippen molar-refractivity contribution in [3.63, 3.8) is 0 Å². The van der Waals surface area contributed by atoms with Crippen LogP contribution in [0.4, 0.5) is 0 Å². The molecule has 0 rings (SSSR count). The summed E-state index contributed by atoms with van der Waals surface area (Å²) in [6.45, 7) is 4.22. The Morgan fingerprint density at radius 2 is 0.677 bits per heavy atom. The van der Waals surface area contributed by atoms with Crippen LogP contribution in [0.1, 0.15) is 303 Å². The fourth-order valence-electron chi connectivity index (χ4n) is 8.88. The van der Waals surface area contributed by atoms with Gasteiger partial charge >= 0.3 is 0 Å². The molecule has 3 N–H and O–H groups in total. The Hall–Kier alpha value is -1.91. The Labute approximate surface area is 406 Å². The minimum Gasteiger partial charge on any atom is -0.394 e. The third kappa shape index (κ3) is 52.9. The molecule has 0 fully saturated rings. The zero-order valence-corrected chi connectivity index (χ0v) is 43.8. The Morgan fingerprint density at radius 3 is 1.02 bits per heavy atom. The number of rotatable bonds is 53. The maximum Gasteiger partial charge on any atom is 0.220 e. The first-order chi connectivity index (χ1) is 32.2. The van der Waals surface area contributed by atoms with Crippen molar-refractivity contribution in [1.29, 1.82) is 0 Å². The third-order valence-corrected chi connectivity index (χ3v) is 13.3. The summed E-state index contributed by atoms with van der Waals surface area (Å²) >= 11 is 0. The number of unbranched alkanes of at least 4 members (excludes halogenated alkanes) is 38. The van der Waals surface area contributed by atoms with Gasteiger partial charge in [-0.2, -0.15) is 0 Å². The molecule has 380 valence electrons. The van der Waals surface area contributed by atoms with Crippen molar-refractivity contribution in [3.8, 4) is 0 Å².